The second kappa shape index (κ2) is 4.94. The third kappa shape index (κ3) is 2.13. The summed E-state index contributed by atoms with van der Waals surface area (Å²) in [4.78, 5) is 3.14. The first-order valence-electron chi connectivity index (χ1n) is 5.43. The van der Waals surface area contributed by atoms with E-state index < -0.39 is 0 Å². The Morgan fingerprint density at radius 1 is 1.05 bits per heavy atom. The number of para-hydroxylation sites is 1. The number of fused-ring (bicyclic) bond motifs is 1. The van der Waals surface area contributed by atoms with Gasteiger partial charge in [0.1, 0.15) is 0 Å². The average molecular weight is 374 g/mol. The average Bonchev–Trinajstić information content (AvgIpc) is 2.71. The Labute approximate surface area is 133 Å². The minimum atomic E-state index is 0.575. The van der Waals surface area contributed by atoms with Crippen LogP contribution in [0.25, 0.3) is 16.7 Å². The summed E-state index contributed by atoms with van der Waals surface area (Å²) in [7, 11) is 0. The van der Waals surface area contributed by atoms with Crippen LogP contribution < -0.4 is 0 Å². The Morgan fingerprint density at radius 2 is 1.74 bits per heavy atom. The number of rotatable bonds is 1. The van der Waals surface area contributed by atoms with Crippen LogP contribution >= 0.6 is 51.3 Å². The number of aromatic nitrogens is 2. The Kier molecular flexibility index (Phi) is 3.43. The zero-order valence-electron chi connectivity index (χ0n) is 9.45. The number of halogens is 3. The quantitative estimate of drug-likeness (QED) is 0.538. The maximum absolute atomic E-state index is 6.28. The number of imidazole rings is 1. The number of aromatic amines is 1. The van der Waals surface area contributed by atoms with Crippen molar-refractivity contribution in [2.75, 3.05) is 0 Å². The van der Waals surface area contributed by atoms with Crippen molar-refractivity contribution in [2.24, 2.45) is 0 Å². The molecule has 0 bridgehead atoms. The largest absolute Gasteiger partial charge is 0.330 e. The molecule has 2 aromatic carbocycles. The van der Waals surface area contributed by atoms with Crippen LogP contribution in [0.2, 0.25) is 10.0 Å². The first-order valence-corrected chi connectivity index (χ1v) is 7.39. The summed E-state index contributed by atoms with van der Waals surface area (Å²) in [5.41, 5.74) is 2.60. The number of hydrogen-bond donors (Lipinski definition) is 1. The lowest BCUT2D eigenvalue weighted by Crippen LogP contribution is -1.96. The topological polar surface area (TPSA) is 20.7 Å². The van der Waals surface area contributed by atoms with Crippen LogP contribution in [0.5, 0.6) is 0 Å². The van der Waals surface area contributed by atoms with Gasteiger partial charge in [0.15, 0.2) is 4.77 Å². The van der Waals surface area contributed by atoms with Crippen LogP contribution in [-0.4, -0.2) is 9.55 Å². The fourth-order valence-electron chi connectivity index (χ4n) is 2.01. The van der Waals surface area contributed by atoms with Crippen molar-refractivity contribution < 1.29 is 0 Å². The van der Waals surface area contributed by atoms with Crippen LogP contribution in [0.15, 0.2) is 40.9 Å². The number of H-pyrrole nitrogens is 1. The summed E-state index contributed by atoms with van der Waals surface area (Å²) >= 11 is 21.3. The molecule has 6 heteroatoms. The molecule has 19 heavy (non-hydrogen) atoms. The van der Waals surface area contributed by atoms with Gasteiger partial charge in [-0.2, -0.15) is 0 Å². The fourth-order valence-corrected chi connectivity index (χ4v) is 3.18. The predicted molar refractivity (Wildman–Crippen MR) is 86.2 cm³/mol. The molecule has 3 rings (SSSR count). The highest BCUT2D eigenvalue weighted by atomic mass is 79.9. The summed E-state index contributed by atoms with van der Waals surface area (Å²) in [6.45, 7) is 0. The van der Waals surface area contributed by atoms with E-state index in [-0.39, 0.29) is 0 Å². The zero-order valence-corrected chi connectivity index (χ0v) is 13.4. The molecule has 0 saturated carbocycles. The molecular weight excluding hydrogens is 367 g/mol. The van der Waals surface area contributed by atoms with Crippen molar-refractivity contribution in [2.45, 2.75) is 0 Å². The first-order chi connectivity index (χ1) is 9.09. The van der Waals surface area contributed by atoms with E-state index in [0.29, 0.717) is 14.8 Å². The molecule has 0 aliphatic carbocycles. The maximum Gasteiger partial charge on any atom is 0.182 e. The summed E-state index contributed by atoms with van der Waals surface area (Å²) in [5.74, 6) is 0. The molecule has 0 saturated heterocycles. The summed E-state index contributed by atoms with van der Waals surface area (Å²) in [6.07, 6.45) is 0. The number of nitrogens with one attached hydrogen (secondary N) is 1. The molecule has 0 unspecified atom stereocenters. The molecule has 0 aliphatic heterocycles. The summed E-state index contributed by atoms with van der Waals surface area (Å²) in [6, 6.07) is 11.3. The van der Waals surface area contributed by atoms with E-state index in [9.17, 15) is 0 Å². The summed E-state index contributed by atoms with van der Waals surface area (Å²) < 4.78 is 3.24. The third-order valence-electron chi connectivity index (χ3n) is 2.83. The Morgan fingerprint density at radius 3 is 2.53 bits per heavy atom. The SMILES string of the molecule is S=c1[nH]c2cccc(Cl)c2n1-c1cccc(Cl)c1Br. The standard InChI is InChI=1S/C13H7BrCl2N2S/c14-11-7(15)3-2-6-10(11)18-12-8(16)4-1-5-9(12)17-13(18)19/h1-6H,(H,17,19). The molecule has 0 aliphatic rings. The van der Waals surface area contributed by atoms with Crippen LogP contribution in [-0.2, 0) is 0 Å². The number of hydrogen-bond acceptors (Lipinski definition) is 1. The van der Waals surface area contributed by atoms with Crippen molar-refractivity contribution in [1.29, 1.82) is 0 Å². The molecule has 3 aromatic rings. The van der Waals surface area contributed by atoms with Gasteiger partial charge in [-0.25, -0.2) is 0 Å². The lowest BCUT2D eigenvalue weighted by molar-refractivity contribution is 1.06. The second-order valence-electron chi connectivity index (χ2n) is 3.97. The van der Waals surface area contributed by atoms with E-state index in [1.807, 2.05) is 41.0 Å². The molecule has 1 heterocycles. The highest BCUT2D eigenvalue weighted by Crippen LogP contribution is 2.33. The third-order valence-corrected chi connectivity index (χ3v) is 4.79. The van der Waals surface area contributed by atoms with Crippen LogP contribution in [0, 0.1) is 4.77 Å². The monoisotopic (exact) mass is 372 g/mol. The van der Waals surface area contributed by atoms with Crippen molar-refractivity contribution >= 4 is 62.4 Å². The molecule has 1 aromatic heterocycles. The molecule has 0 radical (unpaired) electrons. The molecular formula is C13H7BrCl2N2S. The van der Waals surface area contributed by atoms with E-state index in [1.54, 1.807) is 0 Å². The van der Waals surface area contributed by atoms with Gasteiger partial charge in [-0.15, -0.1) is 0 Å². The van der Waals surface area contributed by atoms with Crippen molar-refractivity contribution in [3.05, 3.63) is 55.7 Å². The van der Waals surface area contributed by atoms with Gasteiger partial charge < -0.3 is 4.98 Å². The normalized spacial score (nSPS) is 11.1. The van der Waals surface area contributed by atoms with Crippen molar-refractivity contribution in [3.8, 4) is 5.69 Å². The zero-order chi connectivity index (χ0) is 13.6. The minimum absolute atomic E-state index is 0.575. The Hall–Kier alpha value is -0.810. The van der Waals surface area contributed by atoms with Gasteiger partial charge in [0.25, 0.3) is 0 Å². The summed E-state index contributed by atoms with van der Waals surface area (Å²) in [5, 5.41) is 1.26. The first kappa shape index (κ1) is 13.2. The van der Waals surface area contributed by atoms with Crippen LogP contribution in [0.3, 0.4) is 0 Å². The fraction of sp³-hybridized carbons (Fsp3) is 0. The van der Waals surface area contributed by atoms with E-state index in [2.05, 4.69) is 20.9 Å². The smallest absolute Gasteiger partial charge is 0.182 e. The van der Waals surface area contributed by atoms with E-state index in [1.165, 1.54) is 0 Å². The highest BCUT2D eigenvalue weighted by molar-refractivity contribution is 9.10. The second-order valence-corrected chi connectivity index (χ2v) is 5.97. The van der Waals surface area contributed by atoms with Gasteiger partial charge in [0.2, 0.25) is 0 Å². The predicted octanol–water partition coefficient (Wildman–Crippen LogP) is 5.76. The van der Waals surface area contributed by atoms with Gasteiger partial charge in [0, 0.05) is 0 Å². The molecule has 0 spiro atoms. The van der Waals surface area contributed by atoms with E-state index >= 15 is 0 Å². The molecule has 0 amide bonds. The molecule has 0 atom stereocenters. The highest BCUT2D eigenvalue weighted by Gasteiger charge is 2.13. The van der Waals surface area contributed by atoms with Crippen molar-refractivity contribution in [3.63, 3.8) is 0 Å². The molecule has 1 N–H and O–H groups in total. The van der Waals surface area contributed by atoms with Gasteiger partial charge in [-0.05, 0) is 52.4 Å². The number of benzene rings is 2. The van der Waals surface area contributed by atoms with Gasteiger partial charge >= 0.3 is 0 Å². The minimum Gasteiger partial charge on any atom is -0.330 e. The van der Waals surface area contributed by atoms with Crippen LogP contribution in [0.4, 0.5) is 0 Å². The Balaban J connectivity index is 2.46. The van der Waals surface area contributed by atoms with E-state index in [4.69, 9.17) is 35.4 Å². The molecule has 2 nitrogen and oxygen atoms in total. The van der Waals surface area contributed by atoms with E-state index in [0.717, 1.165) is 21.2 Å². The molecule has 96 valence electrons. The Bertz CT molecular complexity index is 838. The lowest BCUT2D eigenvalue weighted by atomic mass is 10.3. The number of nitrogens with zero attached hydrogens (tertiary/aromatic N) is 1. The van der Waals surface area contributed by atoms with Gasteiger partial charge in [0.05, 0.1) is 31.2 Å². The molecule has 0 fully saturated rings. The van der Waals surface area contributed by atoms with Crippen LogP contribution in [0.1, 0.15) is 0 Å². The lowest BCUT2D eigenvalue weighted by Gasteiger charge is -2.09. The van der Waals surface area contributed by atoms with Crippen molar-refractivity contribution in [1.82, 2.24) is 9.55 Å². The van der Waals surface area contributed by atoms with Gasteiger partial charge in [-0.1, -0.05) is 35.3 Å². The van der Waals surface area contributed by atoms with Gasteiger partial charge in [-0.3, -0.25) is 4.57 Å². The maximum atomic E-state index is 6.28.